The molecule has 0 unspecified atom stereocenters. The van der Waals surface area contributed by atoms with E-state index in [1.807, 2.05) is 0 Å². The zero-order valence-corrected chi connectivity index (χ0v) is 16.4. The number of aromatic nitrogens is 1. The molecule has 0 aliphatic carbocycles. The van der Waals surface area contributed by atoms with Gasteiger partial charge in [-0.15, -0.1) is 0 Å². The molecule has 3 amide bonds. The van der Waals surface area contributed by atoms with Crippen LogP contribution in [0.15, 0.2) is 48.5 Å². The second kappa shape index (κ2) is 8.13. The van der Waals surface area contributed by atoms with Crippen molar-refractivity contribution >= 4 is 40.1 Å². The van der Waals surface area contributed by atoms with Crippen molar-refractivity contribution in [1.82, 2.24) is 14.8 Å². The van der Waals surface area contributed by atoms with E-state index in [4.69, 9.17) is 11.6 Å². The first kappa shape index (κ1) is 19.3. The van der Waals surface area contributed by atoms with Gasteiger partial charge >= 0.3 is 6.03 Å². The molecule has 1 fully saturated rings. The Labute approximate surface area is 172 Å². The summed E-state index contributed by atoms with van der Waals surface area (Å²) in [5, 5.41) is 4.04. The first-order valence-corrected chi connectivity index (χ1v) is 9.76. The number of aromatic amines is 1. The molecular formula is C21H20ClFN4O2. The van der Waals surface area contributed by atoms with Crippen molar-refractivity contribution in [2.75, 3.05) is 31.5 Å². The summed E-state index contributed by atoms with van der Waals surface area (Å²) >= 11 is 5.96. The highest BCUT2D eigenvalue weighted by Crippen LogP contribution is 2.19. The molecule has 8 heteroatoms. The minimum absolute atomic E-state index is 0.154. The van der Waals surface area contributed by atoms with Crippen LogP contribution in [0, 0.1) is 5.82 Å². The van der Waals surface area contributed by atoms with Crippen molar-refractivity contribution in [3.63, 3.8) is 0 Å². The number of nitrogens with one attached hydrogen (secondary N) is 2. The normalized spacial score (nSPS) is 14.7. The van der Waals surface area contributed by atoms with Crippen LogP contribution in [0.2, 0.25) is 5.02 Å². The number of halogens is 2. The van der Waals surface area contributed by atoms with E-state index in [2.05, 4.69) is 10.3 Å². The molecule has 1 aromatic heterocycles. The van der Waals surface area contributed by atoms with E-state index in [9.17, 15) is 14.0 Å². The zero-order chi connectivity index (χ0) is 20.4. The van der Waals surface area contributed by atoms with Gasteiger partial charge in [-0.3, -0.25) is 4.79 Å². The van der Waals surface area contributed by atoms with Crippen LogP contribution in [0.3, 0.4) is 0 Å². The van der Waals surface area contributed by atoms with E-state index in [1.165, 1.54) is 12.1 Å². The summed E-state index contributed by atoms with van der Waals surface area (Å²) in [6.45, 7) is 1.94. The molecule has 150 valence electrons. The van der Waals surface area contributed by atoms with Gasteiger partial charge in [0.1, 0.15) is 11.5 Å². The molecule has 0 spiro atoms. The molecule has 29 heavy (non-hydrogen) atoms. The highest BCUT2D eigenvalue weighted by atomic mass is 35.5. The van der Waals surface area contributed by atoms with Crippen molar-refractivity contribution < 1.29 is 14.0 Å². The van der Waals surface area contributed by atoms with Gasteiger partial charge in [0.25, 0.3) is 5.91 Å². The van der Waals surface area contributed by atoms with Crippen LogP contribution in [-0.2, 0) is 0 Å². The number of nitrogens with zero attached hydrogens (tertiary/aromatic N) is 2. The number of carbonyl (C=O) groups excluding carboxylic acids is 2. The van der Waals surface area contributed by atoms with E-state index in [1.54, 1.807) is 46.2 Å². The number of hydrogen-bond donors (Lipinski definition) is 2. The molecule has 2 aromatic carbocycles. The SMILES string of the molecule is O=C(Nc1cccc(Cl)c1)N1CCCN(C(=O)c2cc3cc(F)ccc3[nH]2)CC1. The number of anilines is 1. The number of H-pyrrole nitrogens is 1. The predicted octanol–water partition coefficient (Wildman–Crippen LogP) is 4.34. The fourth-order valence-corrected chi connectivity index (χ4v) is 3.67. The molecule has 4 rings (SSSR count). The van der Waals surface area contributed by atoms with E-state index < -0.39 is 0 Å². The van der Waals surface area contributed by atoms with Gasteiger partial charge in [0.15, 0.2) is 0 Å². The quantitative estimate of drug-likeness (QED) is 0.655. The Morgan fingerprint density at radius 2 is 1.79 bits per heavy atom. The summed E-state index contributed by atoms with van der Waals surface area (Å²) in [6.07, 6.45) is 0.670. The average molecular weight is 415 g/mol. The highest BCUT2D eigenvalue weighted by Gasteiger charge is 2.24. The first-order chi connectivity index (χ1) is 14.0. The lowest BCUT2D eigenvalue weighted by molar-refractivity contribution is 0.0758. The second-order valence-electron chi connectivity index (χ2n) is 6.99. The van der Waals surface area contributed by atoms with Crippen LogP contribution in [0.4, 0.5) is 14.9 Å². The Balaban J connectivity index is 1.41. The van der Waals surface area contributed by atoms with Crippen molar-refractivity contribution in [2.45, 2.75) is 6.42 Å². The van der Waals surface area contributed by atoms with Crippen molar-refractivity contribution in [1.29, 1.82) is 0 Å². The first-order valence-electron chi connectivity index (χ1n) is 9.39. The maximum absolute atomic E-state index is 13.4. The summed E-state index contributed by atoms with van der Waals surface area (Å²) < 4.78 is 13.4. The van der Waals surface area contributed by atoms with Crippen LogP contribution in [-0.4, -0.2) is 52.9 Å². The van der Waals surface area contributed by atoms with Gasteiger partial charge in [-0.25, -0.2) is 9.18 Å². The molecule has 0 radical (unpaired) electrons. The minimum Gasteiger partial charge on any atom is -0.351 e. The van der Waals surface area contributed by atoms with Crippen LogP contribution < -0.4 is 5.32 Å². The lowest BCUT2D eigenvalue weighted by atomic mass is 10.2. The molecule has 1 aliphatic heterocycles. The van der Waals surface area contributed by atoms with Crippen LogP contribution in [0.1, 0.15) is 16.9 Å². The Morgan fingerprint density at radius 1 is 1.00 bits per heavy atom. The van der Waals surface area contributed by atoms with Gasteiger partial charge in [0.2, 0.25) is 0 Å². The molecule has 0 atom stereocenters. The lowest BCUT2D eigenvalue weighted by Crippen LogP contribution is -2.39. The Hall–Kier alpha value is -3.06. The monoisotopic (exact) mass is 414 g/mol. The number of hydrogen-bond acceptors (Lipinski definition) is 2. The van der Waals surface area contributed by atoms with Gasteiger partial charge in [-0.1, -0.05) is 17.7 Å². The van der Waals surface area contributed by atoms with Crippen LogP contribution >= 0.6 is 11.6 Å². The summed E-state index contributed by atoms with van der Waals surface area (Å²) in [5.74, 6) is -0.495. The number of fused-ring (bicyclic) bond motifs is 1. The molecule has 0 saturated carbocycles. The molecule has 3 aromatic rings. The van der Waals surface area contributed by atoms with E-state index in [0.29, 0.717) is 59.9 Å². The van der Waals surface area contributed by atoms with Crippen molar-refractivity contribution in [3.05, 3.63) is 65.1 Å². The van der Waals surface area contributed by atoms with Crippen LogP contribution in [0.25, 0.3) is 10.9 Å². The molecule has 2 heterocycles. The van der Waals surface area contributed by atoms with E-state index in [0.717, 1.165) is 0 Å². The minimum atomic E-state index is -0.341. The van der Waals surface area contributed by atoms with E-state index >= 15 is 0 Å². The highest BCUT2D eigenvalue weighted by molar-refractivity contribution is 6.30. The third-order valence-corrected chi connectivity index (χ3v) is 5.19. The maximum Gasteiger partial charge on any atom is 0.321 e. The standard InChI is InChI=1S/C21H20ClFN4O2/c22-15-3-1-4-17(13-15)24-21(29)27-8-2-7-26(9-10-27)20(28)19-12-14-11-16(23)5-6-18(14)25-19/h1,3-6,11-13,25H,2,7-10H2,(H,24,29). The molecule has 1 aliphatic rings. The maximum atomic E-state index is 13.4. The summed E-state index contributed by atoms with van der Waals surface area (Å²) in [4.78, 5) is 31.9. The summed E-state index contributed by atoms with van der Waals surface area (Å²) in [5.41, 5.74) is 1.76. The third-order valence-electron chi connectivity index (χ3n) is 4.96. The lowest BCUT2D eigenvalue weighted by Gasteiger charge is -2.22. The number of benzene rings is 2. The Morgan fingerprint density at radius 3 is 2.62 bits per heavy atom. The number of urea groups is 1. The number of rotatable bonds is 2. The molecule has 2 N–H and O–H groups in total. The fraction of sp³-hybridized carbons (Fsp3) is 0.238. The zero-order valence-electron chi connectivity index (χ0n) is 15.6. The average Bonchev–Trinajstić information content (AvgIpc) is 2.95. The summed E-state index contributed by atoms with van der Waals surface area (Å²) in [7, 11) is 0. The van der Waals surface area contributed by atoms with Crippen LogP contribution in [0.5, 0.6) is 0 Å². The largest absolute Gasteiger partial charge is 0.351 e. The predicted molar refractivity (Wildman–Crippen MR) is 111 cm³/mol. The Kier molecular flexibility index (Phi) is 5.40. The molecular weight excluding hydrogens is 395 g/mol. The smallest absolute Gasteiger partial charge is 0.321 e. The topological polar surface area (TPSA) is 68.4 Å². The van der Waals surface area contributed by atoms with Gasteiger partial charge in [0.05, 0.1) is 0 Å². The molecule has 6 nitrogen and oxygen atoms in total. The number of carbonyl (C=O) groups is 2. The van der Waals surface area contributed by atoms with Gasteiger partial charge in [-0.2, -0.15) is 0 Å². The third kappa shape index (κ3) is 4.35. The molecule has 1 saturated heterocycles. The van der Waals surface area contributed by atoms with Gasteiger partial charge < -0.3 is 20.1 Å². The van der Waals surface area contributed by atoms with Gasteiger partial charge in [0, 0.05) is 47.8 Å². The van der Waals surface area contributed by atoms with E-state index in [-0.39, 0.29) is 17.8 Å². The Bertz CT molecular complexity index is 1070. The number of amides is 3. The van der Waals surface area contributed by atoms with Crippen molar-refractivity contribution in [3.8, 4) is 0 Å². The second-order valence-corrected chi connectivity index (χ2v) is 7.42. The van der Waals surface area contributed by atoms with Crippen molar-refractivity contribution in [2.24, 2.45) is 0 Å². The molecule has 0 bridgehead atoms. The summed E-state index contributed by atoms with van der Waals surface area (Å²) in [6, 6.07) is 12.8. The van der Waals surface area contributed by atoms with Gasteiger partial charge in [-0.05, 0) is 48.9 Å². The fourth-order valence-electron chi connectivity index (χ4n) is 3.48.